The van der Waals surface area contributed by atoms with Crippen molar-refractivity contribution in [1.29, 1.82) is 0 Å². The van der Waals surface area contributed by atoms with Gasteiger partial charge in [-0.15, -0.1) is 0 Å². The molecule has 84 valence electrons. The molecule has 0 amide bonds. The highest BCUT2D eigenvalue weighted by molar-refractivity contribution is 5.78. The molecular formula is C13H17N3. The highest BCUT2D eigenvalue weighted by Gasteiger charge is 2.16. The Balaban J connectivity index is 1.94. The molecule has 1 N–H and O–H groups in total. The second kappa shape index (κ2) is 3.91. The number of imidazole rings is 1. The number of benzene rings is 1. The van der Waals surface area contributed by atoms with Crippen LogP contribution in [0.4, 0.5) is 0 Å². The van der Waals surface area contributed by atoms with Crippen LogP contribution in [-0.2, 0) is 6.54 Å². The first-order valence-electron chi connectivity index (χ1n) is 5.96. The summed E-state index contributed by atoms with van der Waals surface area (Å²) in [5.41, 5.74) is 3.68. The van der Waals surface area contributed by atoms with Gasteiger partial charge in [0.2, 0.25) is 0 Å². The molecule has 0 bridgehead atoms. The fourth-order valence-electron chi connectivity index (χ4n) is 2.53. The van der Waals surface area contributed by atoms with E-state index in [1.54, 1.807) is 0 Å². The van der Waals surface area contributed by atoms with Gasteiger partial charge in [-0.2, -0.15) is 0 Å². The molecule has 1 saturated heterocycles. The van der Waals surface area contributed by atoms with Gasteiger partial charge in [0.25, 0.3) is 0 Å². The lowest BCUT2D eigenvalue weighted by Crippen LogP contribution is -2.13. The van der Waals surface area contributed by atoms with E-state index in [0.717, 1.165) is 31.1 Å². The van der Waals surface area contributed by atoms with E-state index in [9.17, 15) is 0 Å². The predicted octanol–water partition coefficient (Wildman–Crippen LogP) is 1.95. The molecule has 16 heavy (non-hydrogen) atoms. The zero-order valence-electron chi connectivity index (χ0n) is 9.61. The van der Waals surface area contributed by atoms with Gasteiger partial charge in [-0.1, -0.05) is 12.1 Å². The number of hydrogen-bond donors (Lipinski definition) is 1. The van der Waals surface area contributed by atoms with Crippen LogP contribution in [0.25, 0.3) is 11.0 Å². The minimum atomic E-state index is 0.762. The zero-order valence-corrected chi connectivity index (χ0v) is 9.61. The Hall–Kier alpha value is -1.35. The van der Waals surface area contributed by atoms with Gasteiger partial charge in [0.1, 0.15) is 0 Å². The molecule has 1 aromatic heterocycles. The summed E-state index contributed by atoms with van der Waals surface area (Å²) in [6.45, 7) is 5.52. The summed E-state index contributed by atoms with van der Waals surface area (Å²) in [4.78, 5) is 4.50. The molecule has 2 aromatic rings. The molecule has 0 radical (unpaired) electrons. The first-order valence-corrected chi connectivity index (χ1v) is 5.96. The number of nitrogens with zero attached hydrogens (tertiary/aromatic N) is 2. The number of aryl methyl sites for hydroxylation is 1. The van der Waals surface area contributed by atoms with E-state index in [1.807, 2.05) is 6.33 Å². The van der Waals surface area contributed by atoms with E-state index >= 15 is 0 Å². The second-order valence-electron chi connectivity index (χ2n) is 4.70. The summed E-state index contributed by atoms with van der Waals surface area (Å²) in [7, 11) is 0. The third-order valence-electron chi connectivity index (χ3n) is 3.47. The van der Waals surface area contributed by atoms with Gasteiger partial charge in [0.15, 0.2) is 0 Å². The maximum absolute atomic E-state index is 4.50. The fourth-order valence-corrected chi connectivity index (χ4v) is 2.53. The van der Waals surface area contributed by atoms with Crippen molar-refractivity contribution >= 4 is 11.0 Å². The minimum absolute atomic E-state index is 0.762. The van der Waals surface area contributed by atoms with Crippen molar-refractivity contribution < 1.29 is 0 Å². The molecule has 0 aliphatic carbocycles. The van der Waals surface area contributed by atoms with Crippen molar-refractivity contribution in [2.45, 2.75) is 19.9 Å². The third-order valence-corrected chi connectivity index (χ3v) is 3.47. The molecular weight excluding hydrogens is 198 g/mol. The van der Waals surface area contributed by atoms with Crippen LogP contribution < -0.4 is 5.32 Å². The van der Waals surface area contributed by atoms with Crippen molar-refractivity contribution in [3.8, 4) is 0 Å². The van der Waals surface area contributed by atoms with E-state index in [1.165, 1.54) is 17.5 Å². The Morgan fingerprint density at radius 2 is 2.44 bits per heavy atom. The molecule has 1 aromatic carbocycles. The smallest absolute Gasteiger partial charge is 0.0958 e. The van der Waals surface area contributed by atoms with Gasteiger partial charge in [0, 0.05) is 6.54 Å². The molecule has 1 unspecified atom stereocenters. The first kappa shape index (κ1) is 9.85. The van der Waals surface area contributed by atoms with Gasteiger partial charge in [0.05, 0.1) is 17.4 Å². The van der Waals surface area contributed by atoms with Gasteiger partial charge in [-0.3, -0.25) is 0 Å². The number of hydrogen-bond acceptors (Lipinski definition) is 2. The average Bonchev–Trinajstić information content (AvgIpc) is 2.90. The van der Waals surface area contributed by atoms with Crippen LogP contribution in [0.15, 0.2) is 24.5 Å². The van der Waals surface area contributed by atoms with Crippen LogP contribution in [0, 0.1) is 12.8 Å². The van der Waals surface area contributed by atoms with Gasteiger partial charge in [-0.25, -0.2) is 4.98 Å². The molecule has 1 atom stereocenters. The zero-order chi connectivity index (χ0) is 11.0. The van der Waals surface area contributed by atoms with Gasteiger partial charge >= 0.3 is 0 Å². The van der Waals surface area contributed by atoms with Crippen molar-refractivity contribution in [3.05, 3.63) is 30.1 Å². The number of nitrogens with one attached hydrogen (secondary N) is 1. The molecule has 3 rings (SSSR count). The SMILES string of the molecule is Cc1cccc2c1ncn2CC1CCNC1. The lowest BCUT2D eigenvalue weighted by Gasteiger charge is -2.10. The standard InChI is InChI=1S/C13H17N3/c1-10-3-2-4-12-13(10)15-9-16(12)8-11-5-6-14-7-11/h2-4,9,11,14H,5-8H2,1H3. The molecule has 1 aliphatic heterocycles. The van der Waals surface area contributed by atoms with E-state index < -0.39 is 0 Å². The van der Waals surface area contributed by atoms with Crippen LogP contribution in [0.5, 0.6) is 0 Å². The molecule has 1 aliphatic rings. The summed E-state index contributed by atoms with van der Waals surface area (Å²) in [5.74, 6) is 0.762. The summed E-state index contributed by atoms with van der Waals surface area (Å²) in [6, 6.07) is 6.40. The average molecular weight is 215 g/mol. The molecule has 0 saturated carbocycles. The molecule has 2 heterocycles. The molecule has 0 spiro atoms. The Labute approximate surface area is 95.5 Å². The van der Waals surface area contributed by atoms with E-state index in [0.29, 0.717) is 0 Å². The van der Waals surface area contributed by atoms with Crippen LogP contribution in [0.2, 0.25) is 0 Å². The lowest BCUT2D eigenvalue weighted by molar-refractivity contribution is 0.489. The first-order chi connectivity index (χ1) is 7.84. The number of para-hydroxylation sites is 1. The highest BCUT2D eigenvalue weighted by atomic mass is 15.1. The van der Waals surface area contributed by atoms with Crippen LogP contribution >= 0.6 is 0 Å². The van der Waals surface area contributed by atoms with Gasteiger partial charge < -0.3 is 9.88 Å². The van der Waals surface area contributed by atoms with Crippen molar-refractivity contribution in [2.75, 3.05) is 13.1 Å². The maximum atomic E-state index is 4.50. The number of rotatable bonds is 2. The Bertz CT molecular complexity index is 495. The number of fused-ring (bicyclic) bond motifs is 1. The Morgan fingerprint density at radius 3 is 3.25 bits per heavy atom. The van der Waals surface area contributed by atoms with E-state index in [-0.39, 0.29) is 0 Å². The summed E-state index contributed by atoms with van der Waals surface area (Å²) in [5, 5.41) is 3.41. The van der Waals surface area contributed by atoms with E-state index in [2.05, 4.69) is 40.0 Å². The monoisotopic (exact) mass is 215 g/mol. The fraction of sp³-hybridized carbons (Fsp3) is 0.462. The molecule has 1 fully saturated rings. The van der Waals surface area contributed by atoms with Crippen LogP contribution in [0.3, 0.4) is 0 Å². The van der Waals surface area contributed by atoms with Crippen LogP contribution in [0.1, 0.15) is 12.0 Å². The summed E-state index contributed by atoms with van der Waals surface area (Å²) >= 11 is 0. The summed E-state index contributed by atoms with van der Waals surface area (Å²) < 4.78 is 2.29. The molecule has 3 heteroatoms. The highest BCUT2D eigenvalue weighted by Crippen LogP contribution is 2.19. The molecule has 3 nitrogen and oxygen atoms in total. The predicted molar refractivity (Wildman–Crippen MR) is 65.4 cm³/mol. The van der Waals surface area contributed by atoms with E-state index in [4.69, 9.17) is 0 Å². The normalized spacial score (nSPS) is 20.7. The Morgan fingerprint density at radius 1 is 1.50 bits per heavy atom. The Kier molecular flexibility index (Phi) is 2.40. The largest absolute Gasteiger partial charge is 0.330 e. The van der Waals surface area contributed by atoms with Gasteiger partial charge in [-0.05, 0) is 44.0 Å². The van der Waals surface area contributed by atoms with Crippen LogP contribution in [-0.4, -0.2) is 22.6 Å². The quantitative estimate of drug-likeness (QED) is 0.830. The van der Waals surface area contributed by atoms with Crippen molar-refractivity contribution in [3.63, 3.8) is 0 Å². The number of aromatic nitrogens is 2. The van der Waals surface area contributed by atoms with Crippen molar-refractivity contribution in [1.82, 2.24) is 14.9 Å². The maximum Gasteiger partial charge on any atom is 0.0958 e. The summed E-state index contributed by atoms with van der Waals surface area (Å²) in [6.07, 6.45) is 3.27. The lowest BCUT2D eigenvalue weighted by atomic mass is 10.1. The van der Waals surface area contributed by atoms with Crippen molar-refractivity contribution in [2.24, 2.45) is 5.92 Å². The third kappa shape index (κ3) is 1.61. The second-order valence-corrected chi connectivity index (χ2v) is 4.70. The topological polar surface area (TPSA) is 29.9 Å². The minimum Gasteiger partial charge on any atom is -0.330 e.